The van der Waals surface area contributed by atoms with E-state index < -0.39 is 26.4 Å². The number of carbonyl (C=O) groups excluding carboxylic acids is 1. The van der Waals surface area contributed by atoms with Gasteiger partial charge in [-0.3, -0.25) is 9.42 Å². The zero-order valence-electron chi connectivity index (χ0n) is 16.9. The first-order chi connectivity index (χ1) is 12.9. The van der Waals surface area contributed by atoms with E-state index in [0.717, 1.165) is 19.3 Å². The third-order valence-electron chi connectivity index (χ3n) is 4.46. The third kappa shape index (κ3) is 17.4. The van der Waals surface area contributed by atoms with Crippen molar-refractivity contribution in [3.05, 3.63) is 0 Å². The van der Waals surface area contributed by atoms with Gasteiger partial charge in [-0.15, -0.1) is 0 Å². The van der Waals surface area contributed by atoms with Gasteiger partial charge < -0.3 is 15.4 Å². The molecular formula is C19H40NO6P. The van der Waals surface area contributed by atoms with Crippen molar-refractivity contribution in [1.82, 2.24) is 0 Å². The SMILES string of the molecule is CCCCCCCCCCCCCCCCOP(=O)(O)OC(=O)[C@@H](N)CO. The zero-order valence-corrected chi connectivity index (χ0v) is 17.8. The van der Waals surface area contributed by atoms with Crippen molar-refractivity contribution >= 4 is 13.8 Å². The fourth-order valence-corrected chi connectivity index (χ4v) is 3.53. The van der Waals surface area contributed by atoms with Gasteiger partial charge in [0.1, 0.15) is 6.04 Å². The van der Waals surface area contributed by atoms with Crippen LogP contribution in [0.25, 0.3) is 0 Å². The molecular weight excluding hydrogens is 369 g/mol. The highest BCUT2D eigenvalue weighted by Gasteiger charge is 2.28. The van der Waals surface area contributed by atoms with E-state index in [2.05, 4.69) is 11.4 Å². The molecule has 0 saturated heterocycles. The first-order valence-corrected chi connectivity index (χ1v) is 12.0. The van der Waals surface area contributed by atoms with Crippen molar-refractivity contribution in [3.63, 3.8) is 0 Å². The van der Waals surface area contributed by atoms with Crippen molar-refractivity contribution in [2.24, 2.45) is 5.73 Å². The van der Waals surface area contributed by atoms with Crippen LogP contribution in [0, 0.1) is 0 Å². The van der Waals surface area contributed by atoms with Crippen LogP contribution in [0.2, 0.25) is 0 Å². The second-order valence-corrected chi connectivity index (χ2v) is 8.48. The summed E-state index contributed by atoms with van der Waals surface area (Å²) in [6.07, 6.45) is 17.1. The summed E-state index contributed by atoms with van der Waals surface area (Å²) in [4.78, 5) is 20.6. The fourth-order valence-electron chi connectivity index (χ4n) is 2.76. The Labute approximate surface area is 164 Å². The molecule has 0 aromatic rings. The molecule has 0 aliphatic heterocycles. The number of carbonyl (C=O) groups is 1. The summed E-state index contributed by atoms with van der Waals surface area (Å²) in [5.74, 6) is -1.15. The van der Waals surface area contributed by atoms with E-state index in [1.165, 1.54) is 64.2 Å². The maximum absolute atomic E-state index is 11.5. The monoisotopic (exact) mass is 409 g/mol. The van der Waals surface area contributed by atoms with Crippen molar-refractivity contribution in [2.45, 2.75) is 103 Å². The molecule has 0 bridgehead atoms. The van der Waals surface area contributed by atoms with Crippen LogP contribution in [0.3, 0.4) is 0 Å². The molecule has 0 aliphatic carbocycles. The van der Waals surface area contributed by atoms with Crippen molar-refractivity contribution in [1.29, 1.82) is 0 Å². The lowest BCUT2D eigenvalue weighted by Crippen LogP contribution is -2.35. The Bertz CT molecular complexity index is 408. The molecule has 27 heavy (non-hydrogen) atoms. The van der Waals surface area contributed by atoms with Crippen LogP contribution in [0.1, 0.15) is 96.8 Å². The van der Waals surface area contributed by atoms with Crippen LogP contribution in [0.5, 0.6) is 0 Å². The van der Waals surface area contributed by atoms with E-state index in [1.54, 1.807) is 0 Å². The van der Waals surface area contributed by atoms with Gasteiger partial charge in [0.25, 0.3) is 0 Å². The molecule has 0 spiro atoms. The van der Waals surface area contributed by atoms with Crippen LogP contribution < -0.4 is 5.73 Å². The van der Waals surface area contributed by atoms with Crippen LogP contribution >= 0.6 is 7.82 Å². The highest BCUT2D eigenvalue weighted by molar-refractivity contribution is 7.48. The number of phosphoric ester groups is 1. The van der Waals surface area contributed by atoms with E-state index in [4.69, 9.17) is 15.4 Å². The molecule has 7 nitrogen and oxygen atoms in total. The first kappa shape index (κ1) is 26.5. The second kappa shape index (κ2) is 17.6. The van der Waals surface area contributed by atoms with Gasteiger partial charge in [-0.1, -0.05) is 90.4 Å². The van der Waals surface area contributed by atoms with Gasteiger partial charge in [0.15, 0.2) is 0 Å². The Morgan fingerprint density at radius 2 is 1.30 bits per heavy atom. The van der Waals surface area contributed by atoms with Gasteiger partial charge in [0.2, 0.25) is 0 Å². The van der Waals surface area contributed by atoms with Gasteiger partial charge in [0.05, 0.1) is 13.2 Å². The maximum atomic E-state index is 11.5. The molecule has 0 rings (SSSR count). The molecule has 0 aromatic heterocycles. The molecule has 2 atom stereocenters. The summed E-state index contributed by atoms with van der Waals surface area (Å²) < 4.78 is 20.5. The summed E-state index contributed by atoms with van der Waals surface area (Å²) in [6.45, 7) is 1.64. The Morgan fingerprint density at radius 1 is 0.889 bits per heavy atom. The minimum absolute atomic E-state index is 0.0491. The molecule has 0 fully saturated rings. The minimum atomic E-state index is -4.44. The number of unbranched alkanes of at least 4 members (excludes halogenated alkanes) is 13. The maximum Gasteiger partial charge on any atom is 0.529 e. The average molecular weight is 410 g/mol. The quantitative estimate of drug-likeness (QED) is 0.213. The van der Waals surface area contributed by atoms with E-state index in [9.17, 15) is 14.3 Å². The van der Waals surface area contributed by atoms with E-state index in [-0.39, 0.29) is 6.61 Å². The highest BCUT2D eigenvalue weighted by Crippen LogP contribution is 2.43. The molecule has 0 aliphatic rings. The standard InChI is InChI=1S/C19H40NO6P/c1-2-3-4-5-6-7-8-9-10-11-12-13-14-15-16-25-27(23,24)26-19(22)18(20)17-21/h18,21H,2-17,20H2,1H3,(H,23,24)/t18-/m0/s1. The summed E-state index contributed by atoms with van der Waals surface area (Å²) in [7, 11) is -4.44. The normalized spacial score (nSPS) is 14.7. The fraction of sp³-hybridized carbons (Fsp3) is 0.947. The number of rotatable bonds is 19. The average Bonchev–Trinajstić information content (AvgIpc) is 2.63. The van der Waals surface area contributed by atoms with E-state index >= 15 is 0 Å². The minimum Gasteiger partial charge on any atom is -0.394 e. The molecule has 0 heterocycles. The van der Waals surface area contributed by atoms with Gasteiger partial charge in [-0.25, -0.2) is 9.36 Å². The van der Waals surface area contributed by atoms with Crippen molar-refractivity contribution in [2.75, 3.05) is 13.2 Å². The lowest BCUT2D eigenvalue weighted by atomic mass is 10.0. The Morgan fingerprint density at radius 3 is 1.70 bits per heavy atom. The van der Waals surface area contributed by atoms with E-state index in [0.29, 0.717) is 6.42 Å². The zero-order chi connectivity index (χ0) is 20.4. The smallest absolute Gasteiger partial charge is 0.394 e. The van der Waals surface area contributed by atoms with E-state index in [1.807, 2.05) is 0 Å². The summed E-state index contributed by atoms with van der Waals surface area (Å²) in [5, 5.41) is 8.68. The van der Waals surface area contributed by atoms with Crippen LogP contribution in [0.4, 0.5) is 0 Å². The second-order valence-electron chi connectivity index (χ2n) is 7.10. The third-order valence-corrected chi connectivity index (χ3v) is 5.38. The van der Waals surface area contributed by atoms with Gasteiger partial charge in [0, 0.05) is 0 Å². The van der Waals surface area contributed by atoms with Gasteiger partial charge in [-0.2, -0.15) is 0 Å². The molecule has 0 saturated carbocycles. The molecule has 8 heteroatoms. The predicted octanol–water partition coefficient (Wildman–Crippen LogP) is 4.45. The lowest BCUT2D eigenvalue weighted by Gasteiger charge is -2.13. The highest BCUT2D eigenvalue weighted by atomic mass is 31.2. The first-order valence-electron chi connectivity index (χ1n) is 10.5. The number of hydrogen-bond acceptors (Lipinski definition) is 6. The molecule has 1 unspecified atom stereocenters. The van der Waals surface area contributed by atoms with Crippen LogP contribution in [-0.2, 0) is 18.4 Å². The van der Waals surface area contributed by atoms with Crippen molar-refractivity contribution in [3.8, 4) is 0 Å². The van der Waals surface area contributed by atoms with Crippen LogP contribution in [0.15, 0.2) is 0 Å². The molecule has 4 N–H and O–H groups in total. The summed E-state index contributed by atoms with van der Waals surface area (Å²) in [5.41, 5.74) is 5.20. The van der Waals surface area contributed by atoms with Crippen molar-refractivity contribution < 1.29 is 28.4 Å². The number of phosphoric acid groups is 1. The molecule has 0 radical (unpaired) electrons. The largest absolute Gasteiger partial charge is 0.529 e. The number of aliphatic hydroxyl groups excluding tert-OH is 1. The van der Waals surface area contributed by atoms with Gasteiger partial charge >= 0.3 is 13.8 Å². The predicted molar refractivity (Wildman–Crippen MR) is 107 cm³/mol. The lowest BCUT2D eigenvalue weighted by molar-refractivity contribution is -0.138. The topological polar surface area (TPSA) is 119 Å². The Balaban J connectivity index is 3.39. The van der Waals surface area contributed by atoms with Gasteiger partial charge in [-0.05, 0) is 6.42 Å². The molecule has 162 valence electrons. The number of nitrogens with two attached hydrogens (primary N) is 1. The number of aliphatic hydroxyl groups is 1. The number of hydrogen-bond donors (Lipinski definition) is 3. The molecule has 0 amide bonds. The molecule has 0 aromatic carbocycles. The summed E-state index contributed by atoms with van der Waals surface area (Å²) in [6, 6.07) is -1.34. The Hall–Kier alpha value is -0.460. The summed E-state index contributed by atoms with van der Waals surface area (Å²) >= 11 is 0. The van der Waals surface area contributed by atoms with Crippen LogP contribution in [-0.4, -0.2) is 35.2 Å². The Kier molecular flexibility index (Phi) is 17.3.